The lowest BCUT2D eigenvalue weighted by Crippen LogP contribution is -2.50. The van der Waals surface area contributed by atoms with Gasteiger partial charge in [-0.1, -0.05) is 18.9 Å². The first-order valence-corrected chi connectivity index (χ1v) is 13.7. The van der Waals surface area contributed by atoms with Crippen molar-refractivity contribution in [1.29, 1.82) is 0 Å². The molecule has 0 spiro atoms. The highest BCUT2D eigenvalue weighted by atomic mass is 16.7. The van der Waals surface area contributed by atoms with E-state index in [1.807, 2.05) is 24.0 Å². The Morgan fingerprint density at radius 1 is 1.11 bits per heavy atom. The van der Waals surface area contributed by atoms with Crippen LogP contribution < -0.4 is 9.47 Å². The summed E-state index contributed by atoms with van der Waals surface area (Å²) in [5, 5.41) is 9.46. The van der Waals surface area contributed by atoms with E-state index in [1.165, 1.54) is 31.2 Å². The zero-order chi connectivity index (χ0) is 24.9. The third kappa shape index (κ3) is 5.66. The molecule has 36 heavy (non-hydrogen) atoms. The predicted octanol–water partition coefficient (Wildman–Crippen LogP) is 3.53. The third-order valence-corrected chi connectivity index (χ3v) is 8.12. The third-order valence-electron chi connectivity index (χ3n) is 8.12. The fraction of sp³-hybridized carbons (Fsp3) is 0.679. The minimum absolute atomic E-state index is 0.0222. The van der Waals surface area contributed by atoms with E-state index in [1.54, 1.807) is 0 Å². The van der Waals surface area contributed by atoms with Crippen LogP contribution in [-0.2, 0) is 20.8 Å². The van der Waals surface area contributed by atoms with Gasteiger partial charge in [-0.05, 0) is 68.2 Å². The smallest absolute Gasteiger partial charge is 0.288 e. The Morgan fingerprint density at radius 3 is 2.64 bits per heavy atom. The number of benzene rings is 1. The molecule has 0 unspecified atom stereocenters. The summed E-state index contributed by atoms with van der Waals surface area (Å²) >= 11 is 0. The molecule has 1 aliphatic carbocycles. The summed E-state index contributed by atoms with van der Waals surface area (Å²) < 4.78 is 23.2. The van der Waals surface area contributed by atoms with Crippen LogP contribution in [0, 0.1) is 17.8 Å². The molecule has 1 aromatic rings. The molecule has 8 nitrogen and oxygen atoms in total. The number of nitrogens with zero attached hydrogens (tertiary/aromatic N) is 2. The summed E-state index contributed by atoms with van der Waals surface area (Å²) in [6.45, 7) is 6.75. The van der Waals surface area contributed by atoms with Crippen LogP contribution in [0.4, 0.5) is 0 Å². The molecule has 1 saturated heterocycles. The van der Waals surface area contributed by atoms with E-state index in [0.29, 0.717) is 31.4 Å². The van der Waals surface area contributed by atoms with Crippen LogP contribution in [0.3, 0.4) is 0 Å². The summed E-state index contributed by atoms with van der Waals surface area (Å²) in [5.41, 5.74) is 1.19. The van der Waals surface area contributed by atoms with Crippen molar-refractivity contribution in [1.82, 2.24) is 9.80 Å². The number of allylic oxidation sites excluding steroid dienone is 1. The minimum atomic E-state index is -0.427. The number of hydrogen-bond acceptors (Lipinski definition) is 7. The highest BCUT2D eigenvalue weighted by Gasteiger charge is 2.42. The topological polar surface area (TPSA) is 80.7 Å². The van der Waals surface area contributed by atoms with Crippen molar-refractivity contribution < 1.29 is 28.8 Å². The van der Waals surface area contributed by atoms with Crippen LogP contribution in [-0.4, -0.2) is 73.3 Å². The first-order valence-electron chi connectivity index (χ1n) is 13.7. The number of aliphatic hydroxyl groups excluding tert-OH is 1. The Kier molecular flexibility index (Phi) is 8.34. The molecule has 1 amide bonds. The summed E-state index contributed by atoms with van der Waals surface area (Å²) in [5.74, 6) is 3.03. The predicted molar refractivity (Wildman–Crippen MR) is 134 cm³/mol. The Morgan fingerprint density at radius 2 is 1.89 bits per heavy atom. The van der Waals surface area contributed by atoms with E-state index in [-0.39, 0.29) is 31.1 Å². The zero-order valence-corrected chi connectivity index (χ0v) is 21.4. The van der Waals surface area contributed by atoms with E-state index in [2.05, 4.69) is 17.0 Å². The molecule has 8 heteroatoms. The van der Waals surface area contributed by atoms with Crippen molar-refractivity contribution in [2.75, 3.05) is 46.2 Å². The number of carbonyl (C=O) groups excluding carboxylic acids is 1. The Labute approximate surface area is 214 Å². The van der Waals surface area contributed by atoms with Crippen molar-refractivity contribution in [3.8, 4) is 11.5 Å². The number of carbonyl (C=O) groups is 1. The molecule has 1 saturated carbocycles. The van der Waals surface area contributed by atoms with Crippen LogP contribution in [0.2, 0.25) is 0 Å². The van der Waals surface area contributed by atoms with Crippen molar-refractivity contribution in [3.63, 3.8) is 0 Å². The quantitative estimate of drug-likeness (QED) is 0.556. The van der Waals surface area contributed by atoms with E-state index < -0.39 is 6.29 Å². The van der Waals surface area contributed by atoms with Crippen LogP contribution in [0.25, 0.3) is 0 Å². The highest BCUT2D eigenvalue weighted by molar-refractivity contribution is 5.91. The average Bonchev–Trinajstić information content (AvgIpc) is 3.60. The van der Waals surface area contributed by atoms with Gasteiger partial charge in [0, 0.05) is 51.9 Å². The number of aliphatic hydroxyl groups is 1. The lowest BCUT2D eigenvalue weighted by atomic mass is 9.76. The fourth-order valence-electron chi connectivity index (χ4n) is 6.22. The molecular formula is C28H40N2O6. The van der Waals surface area contributed by atoms with Gasteiger partial charge in [0.15, 0.2) is 17.3 Å². The van der Waals surface area contributed by atoms with E-state index in [4.69, 9.17) is 18.9 Å². The van der Waals surface area contributed by atoms with Gasteiger partial charge in [0.2, 0.25) is 13.1 Å². The van der Waals surface area contributed by atoms with Gasteiger partial charge in [-0.25, -0.2) is 0 Å². The fourth-order valence-corrected chi connectivity index (χ4v) is 6.22. The lowest BCUT2D eigenvalue weighted by Gasteiger charge is -2.41. The Bertz CT molecular complexity index is 923. The molecule has 5 rings (SSSR count). The number of ether oxygens (including phenoxy) is 4. The maximum Gasteiger partial charge on any atom is 0.288 e. The zero-order valence-electron chi connectivity index (χ0n) is 21.4. The van der Waals surface area contributed by atoms with Crippen LogP contribution in [0.15, 0.2) is 30.0 Å². The number of amides is 1. The maximum atomic E-state index is 13.6. The normalized spacial score (nSPS) is 26.7. The van der Waals surface area contributed by atoms with Crippen molar-refractivity contribution in [3.05, 3.63) is 35.6 Å². The second-order valence-corrected chi connectivity index (χ2v) is 10.4. The van der Waals surface area contributed by atoms with Gasteiger partial charge in [0.05, 0.1) is 0 Å². The first kappa shape index (κ1) is 25.4. The van der Waals surface area contributed by atoms with Crippen LogP contribution in [0.5, 0.6) is 11.5 Å². The second kappa shape index (κ2) is 11.8. The lowest BCUT2D eigenvalue weighted by molar-refractivity contribution is -0.179. The van der Waals surface area contributed by atoms with E-state index in [0.717, 1.165) is 44.0 Å². The molecule has 3 atom stereocenters. The molecule has 198 valence electrons. The van der Waals surface area contributed by atoms with Gasteiger partial charge < -0.3 is 29.0 Å². The Hall–Kier alpha value is -2.29. The summed E-state index contributed by atoms with van der Waals surface area (Å²) in [4.78, 5) is 17.9. The molecular weight excluding hydrogens is 460 g/mol. The van der Waals surface area contributed by atoms with Gasteiger partial charge >= 0.3 is 0 Å². The van der Waals surface area contributed by atoms with Crippen molar-refractivity contribution in [2.24, 2.45) is 17.8 Å². The molecule has 1 N–H and O–H groups in total. The number of piperazine rings is 1. The van der Waals surface area contributed by atoms with Gasteiger partial charge in [0.1, 0.15) is 0 Å². The molecule has 4 aliphatic rings. The Balaban J connectivity index is 1.23. The molecule has 2 fully saturated rings. The standard InChI is InChI=1S/C28H40N2O6/c1-2-33-28-22(8-5-15-31)23(21-6-3-4-7-21)17-26(36-28)27(32)30-13-11-29(12-14-30)18-20-9-10-24-25(16-20)35-19-34-24/h9-10,16-17,21-23,28,31H,2-8,11-15,18-19H2,1H3/t22-,23-,28-/m0/s1. The monoisotopic (exact) mass is 500 g/mol. The van der Waals surface area contributed by atoms with Crippen LogP contribution in [0.1, 0.15) is 51.0 Å². The van der Waals surface area contributed by atoms with E-state index >= 15 is 0 Å². The summed E-state index contributed by atoms with van der Waals surface area (Å²) in [6.07, 6.45) is 8.12. The summed E-state index contributed by atoms with van der Waals surface area (Å²) in [7, 11) is 0. The largest absolute Gasteiger partial charge is 0.459 e. The molecule has 0 bridgehead atoms. The van der Waals surface area contributed by atoms with Gasteiger partial charge in [-0.3, -0.25) is 9.69 Å². The van der Waals surface area contributed by atoms with Crippen molar-refractivity contribution in [2.45, 2.75) is 58.3 Å². The molecule has 0 aromatic heterocycles. The first-order chi connectivity index (χ1) is 17.7. The highest BCUT2D eigenvalue weighted by Crippen LogP contribution is 2.43. The van der Waals surface area contributed by atoms with Gasteiger partial charge in [-0.2, -0.15) is 0 Å². The average molecular weight is 501 g/mol. The number of fused-ring (bicyclic) bond motifs is 1. The van der Waals surface area contributed by atoms with Crippen LogP contribution >= 0.6 is 0 Å². The van der Waals surface area contributed by atoms with Gasteiger partial charge in [0.25, 0.3) is 5.91 Å². The summed E-state index contributed by atoms with van der Waals surface area (Å²) in [6, 6.07) is 6.09. The molecule has 1 aromatic carbocycles. The SMILES string of the molecule is CCO[C@H]1OC(C(=O)N2CCN(Cc3ccc4c(c3)OCO4)CC2)=C[C@@H](C2CCCC2)[C@@H]1CCCO. The number of rotatable bonds is 9. The second-order valence-electron chi connectivity index (χ2n) is 10.4. The van der Waals surface area contributed by atoms with E-state index in [9.17, 15) is 9.90 Å². The molecule has 3 aliphatic heterocycles. The molecule has 3 heterocycles. The molecule has 0 radical (unpaired) electrons. The minimum Gasteiger partial charge on any atom is -0.459 e. The number of hydrogen-bond donors (Lipinski definition) is 1. The van der Waals surface area contributed by atoms with Gasteiger partial charge in [-0.15, -0.1) is 0 Å². The maximum absolute atomic E-state index is 13.6. The van der Waals surface area contributed by atoms with Crippen molar-refractivity contribution >= 4 is 5.91 Å².